The Morgan fingerprint density at radius 1 is 1.17 bits per heavy atom. The van der Waals surface area contributed by atoms with E-state index in [1.807, 2.05) is 0 Å². The molecule has 0 spiro atoms. The first-order chi connectivity index (χ1) is 8.66. The van der Waals surface area contributed by atoms with Gasteiger partial charge in [0.1, 0.15) is 11.6 Å². The summed E-state index contributed by atoms with van der Waals surface area (Å²) in [6.07, 6.45) is 5.50. The lowest BCUT2D eigenvalue weighted by molar-refractivity contribution is 0.456. The number of nitrogens with one attached hydrogen (secondary N) is 1. The molecule has 2 atom stereocenters. The minimum atomic E-state index is -0.406. The van der Waals surface area contributed by atoms with Crippen molar-refractivity contribution < 1.29 is 8.78 Å². The molecule has 0 radical (unpaired) electrons. The quantitative estimate of drug-likeness (QED) is 0.648. The second-order valence-electron chi connectivity index (χ2n) is 4.88. The van der Waals surface area contributed by atoms with Gasteiger partial charge in [0, 0.05) is 23.5 Å². The highest BCUT2D eigenvalue weighted by molar-refractivity contribution is 6.21. The van der Waals surface area contributed by atoms with Crippen LogP contribution in [0.5, 0.6) is 0 Å². The van der Waals surface area contributed by atoms with Crippen LogP contribution in [0.4, 0.5) is 8.78 Å². The Kier molecular flexibility index (Phi) is 4.95. The molecule has 100 valence electrons. The maximum absolute atomic E-state index is 13.5. The normalized spacial score (nSPS) is 24.8. The fourth-order valence-corrected chi connectivity index (χ4v) is 2.78. The van der Waals surface area contributed by atoms with E-state index in [2.05, 4.69) is 5.32 Å². The van der Waals surface area contributed by atoms with Crippen LogP contribution in [0.15, 0.2) is 18.2 Å². The van der Waals surface area contributed by atoms with Crippen LogP contribution < -0.4 is 5.32 Å². The zero-order valence-corrected chi connectivity index (χ0v) is 11.0. The number of alkyl halides is 1. The molecule has 0 heterocycles. The smallest absolute Gasteiger partial charge is 0.127 e. The number of rotatable bonds is 3. The minimum absolute atomic E-state index is 0.0871. The fraction of sp³-hybridized carbons (Fsp3) is 0.571. The van der Waals surface area contributed by atoms with Gasteiger partial charge in [-0.3, -0.25) is 0 Å². The summed E-state index contributed by atoms with van der Waals surface area (Å²) in [7, 11) is 0. The van der Waals surface area contributed by atoms with E-state index in [4.69, 9.17) is 11.6 Å². The minimum Gasteiger partial charge on any atom is -0.308 e. The van der Waals surface area contributed by atoms with Crippen LogP contribution in [0, 0.1) is 11.6 Å². The van der Waals surface area contributed by atoms with Crippen LogP contribution in [0.25, 0.3) is 0 Å². The third kappa shape index (κ3) is 3.66. The first kappa shape index (κ1) is 13.8. The van der Waals surface area contributed by atoms with Crippen molar-refractivity contribution in [3.05, 3.63) is 35.4 Å². The summed E-state index contributed by atoms with van der Waals surface area (Å²) < 4.78 is 26.5. The molecule has 4 heteroatoms. The van der Waals surface area contributed by atoms with Crippen LogP contribution in [0.2, 0.25) is 0 Å². The van der Waals surface area contributed by atoms with Gasteiger partial charge in [-0.1, -0.05) is 19.3 Å². The number of hydrogen-bond acceptors (Lipinski definition) is 1. The van der Waals surface area contributed by atoms with Crippen LogP contribution in [0.3, 0.4) is 0 Å². The molecule has 2 rings (SSSR count). The van der Waals surface area contributed by atoms with Crippen molar-refractivity contribution >= 4 is 11.6 Å². The topological polar surface area (TPSA) is 12.0 Å². The second kappa shape index (κ2) is 6.48. The Hall–Kier alpha value is -0.670. The zero-order valence-electron chi connectivity index (χ0n) is 10.3. The molecule has 1 saturated carbocycles. The summed E-state index contributed by atoms with van der Waals surface area (Å²) in [4.78, 5) is 0. The Bertz CT molecular complexity index is 397. The standard InChI is InChI=1S/C14H18ClF2N/c15-12-4-2-1-3-5-14(12)18-9-10-8-11(16)6-7-13(10)17/h6-8,12,14,18H,1-5,9H2. The van der Waals surface area contributed by atoms with Crippen LogP contribution in [-0.4, -0.2) is 11.4 Å². The fourth-order valence-electron chi connectivity index (χ4n) is 2.41. The molecule has 1 aromatic rings. The summed E-state index contributed by atoms with van der Waals surface area (Å²) in [5.41, 5.74) is 0.364. The summed E-state index contributed by atoms with van der Waals surface area (Å²) in [5, 5.41) is 3.34. The van der Waals surface area contributed by atoms with Gasteiger partial charge in [0.2, 0.25) is 0 Å². The van der Waals surface area contributed by atoms with Gasteiger partial charge in [0.15, 0.2) is 0 Å². The van der Waals surface area contributed by atoms with Gasteiger partial charge in [-0.05, 0) is 31.0 Å². The van der Waals surface area contributed by atoms with E-state index in [1.165, 1.54) is 12.5 Å². The van der Waals surface area contributed by atoms with Crippen molar-refractivity contribution in [3.8, 4) is 0 Å². The lowest BCUT2D eigenvalue weighted by Crippen LogP contribution is -2.36. The molecule has 1 aromatic carbocycles. The SMILES string of the molecule is Fc1ccc(F)c(CNC2CCCCCC2Cl)c1. The maximum Gasteiger partial charge on any atom is 0.127 e. The van der Waals surface area contributed by atoms with Crippen LogP contribution in [0.1, 0.15) is 37.7 Å². The molecule has 1 nitrogen and oxygen atoms in total. The first-order valence-electron chi connectivity index (χ1n) is 6.48. The van der Waals surface area contributed by atoms with E-state index in [1.54, 1.807) is 0 Å². The van der Waals surface area contributed by atoms with E-state index in [9.17, 15) is 8.78 Å². The Labute approximate surface area is 112 Å². The highest BCUT2D eigenvalue weighted by atomic mass is 35.5. The molecular weight excluding hydrogens is 256 g/mol. The molecule has 2 unspecified atom stereocenters. The van der Waals surface area contributed by atoms with E-state index < -0.39 is 5.82 Å². The zero-order chi connectivity index (χ0) is 13.0. The molecule has 1 aliphatic carbocycles. The van der Waals surface area contributed by atoms with Gasteiger partial charge in [-0.15, -0.1) is 11.6 Å². The number of halogens is 3. The maximum atomic E-state index is 13.5. The van der Waals surface area contributed by atoms with Crippen LogP contribution in [-0.2, 0) is 6.54 Å². The summed E-state index contributed by atoms with van der Waals surface area (Å²) in [6.45, 7) is 0.331. The summed E-state index contributed by atoms with van der Waals surface area (Å²) >= 11 is 6.29. The van der Waals surface area contributed by atoms with Gasteiger partial charge < -0.3 is 5.32 Å². The third-order valence-electron chi connectivity index (χ3n) is 3.49. The van der Waals surface area contributed by atoms with Crippen molar-refractivity contribution in [2.75, 3.05) is 0 Å². The van der Waals surface area contributed by atoms with E-state index in [0.717, 1.165) is 37.8 Å². The Morgan fingerprint density at radius 2 is 1.94 bits per heavy atom. The van der Waals surface area contributed by atoms with Crippen molar-refractivity contribution in [2.45, 2.75) is 50.1 Å². The molecule has 0 aliphatic heterocycles. The van der Waals surface area contributed by atoms with Crippen molar-refractivity contribution in [1.29, 1.82) is 0 Å². The van der Waals surface area contributed by atoms with E-state index >= 15 is 0 Å². The molecule has 0 aromatic heterocycles. The van der Waals surface area contributed by atoms with E-state index in [0.29, 0.717) is 12.1 Å². The Morgan fingerprint density at radius 3 is 2.78 bits per heavy atom. The van der Waals surface area contributed by atoms with Crippen molar-refractivity contribution in [1.82, 2.24) is 5.32 Å². The molecule has 18 heavy (non-hydrogen) atoms. The summed E-state index contributed by atoms with van der Waals surface area (Å²) in [6, 6.07) is 3.73. The van der Waals surface area contributed by atoms with Gasteiger partial charge in [0.05, 0.1) is 0 Å². The van der Waals surface area contributed by atoms with Crippen LogP contribution >= 0.6 is 11.6 Å². The van der Waals surface area contributed by atoms with Crippen molar-refractivity contribution in [2.24, 2.45) is 0 Å². The lowest BCUT2D eigenvalue weighted by Gasteiger charge is -2.21. The molecule has 0 amide bonds. The van der Waals surface area contributed by atoms with Crippen molar-refractivity contribution in [3.63, 3.8) is 0 Å². The third-order valence-corrected chi connectivity index (χ3v) is 4.02. The molecule has 0 bridgehead atoms. The second-order valence-corrected chi connectivity index (χ2v) is 5.44. The lowest BCUT2D eigenvalue weighted by atomic mass is 10.1. The predicted molar refractivity (Wildman–Crippen MR) is 69.7 cm³/mol. The number of benzene rings is 1. The average Bonchev–Trinajstić information content (AvgIpc) is 2.55. The molecule has 1 fully saturated rings. The van der Waals surface area contributed by atoms with Gasteiger partial charge >= 0.3 is 0 Å². The highest BCUT2D eigenvalue weighted by Gasteiger charge is 2.21. The largest absolute Gasteiger partial charge is 0.308 e. The first-order valence-corrected chi connectivity index (χ1v) is 6.92. The van der Waals surface area contributed by atoms with Gasteiger partial charge in [0.25, 0.3) is 0 Å². The Balaban J connectivity index is 1.95. The average molecular weight is 274 g/mol. The summed E-state index contributed by atoms with van der Waals surface area (Å²) in [5.74, 6) is -0.778. The number of hydrogen-bond donors (Lipinski definition) is 1. The highest BCUT2D eigenvalue weighted by Crippen LogP contribution is 2.22. The molecular formula is C14H18ClF2N. The van der Waals surface area contributed by atoms with E-state index in [-0.39, 0.29) is 17.2 Å². The molecule has 0 saturated heterocycles. The monoisotopic (exact) mass is 273 g/mol. The predicted octanol–water partition coefficient (Wildman–Crippen LogP) is 3.99. The van der Waals surface area contributed by atoms with Gasteiger partial charge in [-0.25, -0.2) is 8.78 Å². The van der Waals surface area contributed by atoms with Gasteiger partial charge in [-0.2, -0.15) is 0 Å². The molecule has 1 aliphatic rings. The molecule has 1 N–H and O–H groups in total.